The van der Waals surface area contributed by atoms with Gasteiger partial charge in [-0.15, -0.1) is 0 Å². The number of para-hydroxylation sites is 1. The van der Waals surface area contributed by atoms with Crippen molar-refractivity contribution in [2.45, 2.75) is 57.5 Å². The van der Waals surface area contributed by atoms with Crippen molar-refractivity contribution in [1.29, 1.82) is 0 Å². The van der Waals surface area contributed by atoms with Crippen LogP contribution in [0, 0.1) is 23.4 Å². The first-order valence-corrected chi connectivity index (χ1v) is 11.7. The maximum atomic E-state index is 15.0. The van der Waals surface area contributed by atoms with Crippen molar-refractivity contribution in [2.24, 2.45) is 5.92 Å². The van der Waals surface area contributed by atoms with Gasteiger partial charge in [-0.2, -0.15) is 8.78 Å². The average Bonchev–Trinajstić information content (AvgIpc) is 2.83. The van der Waals surface area contributed by atoms with E-state index in [-0.39, 0.29) is 22.4 Å². The largest absolute Gasteiger partial charge is 0.428 e. The molecule has 0 unspecified atom stereocenters. The molecule has 0 heterocycles. The van der Waals surface area contributed by atoms with Crippen LogP contribution in [0.1, 0.15) is 62.5 Å². The third-order valence-corrected chi connectivity index (χ3v) is 6.68. The Hall–Kier alpha value is -2.89. The first-order chi connectivity index (χ1) is 16.3. The van der Waals surface area contributed by atoms with E-state index in [2.05, 4.69) is 6.92 Å². The van der Waals surface area contributed by atoms with Crippen molar-refractivity contribution in [3.05, 3.63) is 89.2 Å². The first kappa shape index (κ1) is 24.2. The predicted octanol–water partition coefficient (Wildman–Crippen LogP) is 8.97. The van der Waals surface area contributed by atoms with Crippen LogP contribution in [0.25, 0.3) is 11.1 Å². The van der Waals surface area contributed by atoms with Gasteiger partial charge in [-0.1, -0.05) is 50.1 Å². The molecule has 180 valence electrons. The van der Waals surface area contributed by atoms with Crippen molar-refractivity contribution in [2.75, 3.05) is 0 Å². The molecule has 0 aromatic heterocycles. The first-order valence-electron chi connectivity index (χ1n) is 11.7. The highest BCUT2D eigenvalue weighted by atomic mass is 19.3. The van der Waals surface area contributed by atoms with Crippen LogP contribution in [0.2, 0.25) is 0 Å². The van der Waals surface area contributed by atoms with E-state index >= 15 is 8.78 Å². The minimum atomic E-state index is -3.68. The molecule has 1 aliphatic rings. The lowest BCUT2D eigenvalue weighted by molar-refractivity contribution is -0.185. The fourth-order valence-corrected chi connectivity index (χ4v) is 4.84. The van der Waals surface area contributed by atoms with Crippen molar-refractivity contribution in [3.8, 4) is 16.9 Å². The topological polar surface area (TPSA) is 9.23 Å². The quantitative estimate of drug-likeness (QED) is 0.245. The molecule has 3 aromatic carbocycles. The van der Waals surface area contributed by atoms with Crippen LogP contribution in [0.5, 0.6) is 5.75 Å². The summed E-state index contributed by atoms with van der Waals surface area (Å²) < 4.78 is 75.9. The van der Waals surface area contributed by atoms with Crippen LogP contribution in [0.4, 0.5) is 22.0 Å². The standard InChI is InChI=1S/C28H27F5O/c1-2-5-18-8-10-19(11-9-18)20-12-14-22(15-13-20)28(32,33)34-26-7-4-3-6-23(26)21-16-24(29)27(31)25(30)17-21/h3-4,6-7,12-19H,2,5,8-11H2,1H3. The van der Waals surface area contributed by atoms with Gasteiger partial charge in [0.05, 0.1) is 5.56 Å². The molecule has 0 aliphatic heterocycles. The van der Waals surface area contributed by atoms with Gasteiger partial charge in [0.15, 0.2) is 17.5 Å². The SMILES string of the molecule is CCCC1CCC(c2ccc(C(F)(F)Oc3ccccc3-c3cc(F)c(F)c(F)c3)cc2)CC1. The lowest BCUT2D eigenvalue weighted by Gasteiger charge is -2.29. The zero-order chi connectivity index (χ0) is 24.3. The molecule has 0 N–H and O–H groups in total. The summed E-state index contributed by atoms with van der Waals surface area (Å²) in [5, 5.41) is 0. The van der Waals surface area contributed by atoms with E-state index < -0.39 is 23.6 Å². The molecule has 6 heteroatoms. The van der Waals surface area contributed by atoms with E-state index in [1.165, 1.54) is 62.1 Å². The second-order valence-corrected chi connectivity index (χ2v) is 9.00. The molecular formula is C28H27F5O. The fraction of sp³-hybridized carbons (Fsp3) is 0.357. The summed E-state index contributed by atoms with van der Waals surface area (Å²) in [4.78, 5) is 0. The molecule has 3 aromatic rings. The summed E-state index contributed by atoms with van der Waals surface area (Å²) in [5.41, 5.74) is 0.659. The number of hydrogen-bond donors (Lipinski definition) is 0. The van der Waals surface area contributed by atoms with Gasteiger partial charge < -0.3 is 4.74 Å². The smallest absolute Gasteiger partial charge is 0.426 e. The Bertz CT molecular complexity index is 1090. The molecule has 0 saturated heterocycles. The predicted molar refractivity (Wildman–Crippen MR) is 122 cm³/mol. The highest BCUT2D eigenvalue weighted by molar-refractivity contribution is 5.70. The van der Waals surface area contributed by atoms with Crippen LogP contribution >= 0.6 is 0 Å². The van der Waals surface area contributed by atoms with Crippen molar-refractivity contribution >= 4 is 0 Å². The molecule has 1 nitrogen and oxygen atoms in total. The van der Waals surface area contributed by atoms with Gasteiger partial charge in [-0.3, -0.25) is 0 Å². The molecule has 0 atom stereocenters. The molecule has 1 fully saturated rings. The van der Waals surface area contributed by atoms with Crippen molar-refractivity contribution < 1.29 is 26.7 Å². The zero-order valence-electron chi connectivity index (χ0n) is 19.0. The van der Waals surface area contributed by atoms with Gasteiger partial charge >= 0.3 is 6.11 Å². The summed E-state index contributed by atoms with van der Waals surface area (Å²) in [6.45, 7) is 2.20. The Morgan fingerprint density at radius 2 is 1.47 bits per heavy atom. The Morgan fingerprint density at radius 1 is 0.853 bits per heavy atom. The lowest BCUT2D eigenvalue weighted by atomic mass is 9.77. The maximum absolute atomic E-state index is 15.0. The molecule has 1 aliphatic carbocycles. The van der Waals surface area contributed by atoms with Gasteiger partial charge in [0.1, 0.15) is 5.75 Å². The fourth-order valence-electron chi connectivity index (χ4n) is 4.84. The zero-order valence-corrected chi connectivity index (χ0v) is 19.0. The molecule has 0 radical (unpaired) electrons. The maximum Gasteiger partial charge on any atom is 0.426 e. The molecule has 4 rings (SSSR count). The molecule has 0 bridgehead atoms. The summed E-state index contributed by atoms with van der Waals surface area (Å²) in [6.07, 6.45) is 3.22. The normalized spacial score (nSPS) is 18.6. The Labute approximate surface area is 196 Å². The molecule has 34 heavy (non-hydrogen) atoms. The van der Waals surface area contributed by atoms with Gasteiger partial charge in [0.2, 0.25) is 0 Å². The van der Waals surface area contributed by atoms with Gasteiger partial charge in [-0.05, 0) is 79.0 Å². The van der Waals surface area contributed by atoms with E-state index in [4.69, 9.17) is 4.74 Å². The third kappa shape index (κ3) is 5.26. The van der Waals surface area contributed by atoms with Crippen LogP contribution < -0.4 is 4.74 Å². The van der Waals surface area contributed by atoms with E-state index in [9.17, 15) is 13.2 Å². The minimum absolute atomic E-state index is 0.0282. The molecule has 0 spiro atoms. The molecule has 1 saturated carbocycles. The van der Waals surface area contributed by atoms with Crippen LogP contribution in [-0.4, -0.2) is 0 Å². The third-order valence-electron chi connectivity index (χ3n) is 6.68. The van der Waals surface area contributed by atoms with Gasteiger partial charge in [0, 0.05) is 5.56 Å². The highest BCUT2D eigenvalue weighted by Gasteiger charge is 2.35. The second kappa shape index (κ2) is 10.2. The number of rotatable bonds is 7. The van der Waals surface area contributed by atoms with Gasteiger partial charge in [0.25, 0.3) is 0 Å². The van der Waals surface area contributed by atoms with Crippen molar-refractivity contribution in [3.63, 3.8) is 0 Å². The summed E-state index contributed by atoms with van der Waals surface area (Å²) in [7, 11) is 0. The number of alkyl halides is 2. The van der Waals surface area contributed by atoms with Crippen LogP contribution in [0.15, 0.2) is 60.7 Å². The second-order valence-electron chi connectivity index (χ2n) is 9.00. The van der Waals surface area contributed by atoms with E-state index in [0.717, 1.165) is 36.5 Å². The Kier molecular flexibility index (Phi) is 7.24. The van der Waals surface area contributed by atoms with Crippen LogP contribution in [0.3, 0.4) is 0 Å². The summed E-state index contributed by atoms with van der Waals surface area (Å²) in [5.74, 6) is -3.56. The van der Waals surface area contributed by atoms with E-state index in [1.54, 1.807) is 12.1 Å². The number of hydrogen-bond acceptors (Lipinski definition) is 1. The number of ether oxygens (including phenoxy) is 1. The molecular weight excluding hydrogens is 447 g/mol. The van der Waals surface area contributed by atoms with Crippen LogP contribution in [-0.2, 0) is 6.11 Å². The monoisotopic (exact) mass is 474 g/mol. The van der Waals surface area contributed by atoms with E-state index in [0.29, 0.717) is 5.92 Å². The van der Waals surface area contributed by atoms with E-state index in [1.807, 2.05) is 0 Å². The highest BCUT2D eigenvalue weighted by Crippen LogP contribution is 2.40. The minimum Gasteiger partial charge on any atom is -0.428 e. The number of halogens is 5. The lowest BCUT2D eigenvalue weighted by Crippen LogP contribution is -2.22. The summed E-state index contributed by atoms with van der Waals surface area (Å²) >= 11 is 0. The molecule has 0 amide bonds. The Morgan fingerprint density at radius 3 is 2.09 bits per heavy atom. The Balaban J connectivity index is 1.52. The van der Waals surface area contributed by atoms with Gasteiger partial charge in [-0.25, -0.2) is 13.2 Å². The van der Waals surface area contributed by atoms with Crippen molar-refractivity contribution in [1.82, 2.24) is 0 Å². The summed E-state index contributed by atoms with van der Waals surface area (Å²) in [6, 6.07) is 13.4. The average molecular weight is 475 g/mol. The number of benzene rings is 3.